The monoisotopic (exact) mass is 248 g/mol. The van der Waals surface area contributed by atoms with Gasteiger partial charge in [0.2, 0.25) is 10.0 Å². The van der Waals surface area contributed by atoms with Gasteiger partial charge in [0, 0.05) is 18.8 Å². The molecule has 4 N–H and O–H groups in total. The first kappa shape index (κ1) is 12.9. The number of sulfonamides is 1. The van der Waals surface area contributed by atoms with Gasteiger partial charge >= 0.3 is 0 Å². The quantitative estimate of drug-likeness (QED) is 0.628. The van der Waals surface area contributed by atoms with E-state index in [1.165, 1.54) is 10.9 Å². The topological polar surface area (TPSA) is 110 Å². The summed E-state index contributed by atoms with van der Waals surface area (Å²) in [6.07, 6.45) is 1.36. The lowest BCUT2D eigenvalue weighted by atomic mass is 10.4. The van der Waals surface area contributed by atoms with Crippen LogP contribution in [0.5, 0.6) is 0 Å². The van der Waals surface area contributed by atoms with Gasteiger partial charge in [-0.15, -0.1) is 0 Å². The molecule has 7 nitrogen and oxygen atoms in total. The highest BCUT2D eigenvalue weighted by Gasteiger charge is 2.22. The SMILES string of the molecule is CCn1cc(S(=O)(=O)N[C@@H](C)CO)c(N)n1. The van der Waals surface area contributed by atoms with Gasteiger partial charge in [-0.3, -0.25) is 4.68 Å². The second-order valence-corrected chi connectivity index (χ2v) is 5.12. The van der Waals surface area contributed by atoms with Crippen molar-refractivity contribution >= 4 is 15.8 Å². The summed E-state index contributed by atoms with van der Waals surface area (Å²) in [6, 6.07) is -0.561. The van der Waals surface area contributed by atoms with E-state index in [4.69, 9.17) is 10.8 Å². The fraction of sp³-hybridized carbons (Fsp3) is 0.625. The Hall–Kier alpha value is -1.12. The minimum atomic E-state index is -3.71. The van der Waals surface area contributed by atoms with Gasteiger partial charge in [-0.2, -0.15) is 5.10 Å². The normalized spacial score (nSPS) is 13.9. The van der Waals surface area contributed by atoms with Crippen LogP contribution in [0.15, 0.2) is 11.1 Å². The Labute approximate surface area is 94.3 Å². The molecule has 1 aromatic rings. The fourth-order valence-electron chi connectivity index (χ4n) is 1.15. The maximum atomic E-state index is 11.8. The van der Waals surface area contributed by atoms with Crippen LogP contribution >= 0.6 is 0 Å². The Morgan fingerprint density at radius 3 is 2.75 bits per heavy atom. The summed E-state index contributed by atoms with van der Waals surface area (Å²) in [5.41, 5.74) is 5.51. The number of aromatic nitrogens is 2. The molecule has 8 heteroatoms. The molecular formula is C8H16N4O3S. The van der Waals surface area contributed by atoms with E-state index >= 15 is 0 Å². The van der Waals surface area contributed by atoms with Crippen molar-refractivity contribution in [3.8, 4) is 0 Å². The second kappa shape index (κ2) is 4.81. The molecule has 0 aromatic carbocycles. The van der Waals surface area contributed by atoms with Crippen LogP contribution in [0.2, 0.25) is 0 Å². The standard InChI is InChI=1S/C8H16N4O3S/c1-3-12-4-7(8(9)10-12)16(14,15)11-6(2)5-13/h4,6,11,13H,3,5H2,1-2H3,(H2,9,10)/t6-/m0/s1. The van der Waals surface area contributed by atoms with Crippen molar-refractivity contribution in [1.29, 1.82) is 0 Å². The molecular weight excluding hydrogens is 232 g/mol. The maximum absolute atomic E-state index is 11.8. The molecule has 0 aliphatic carbocycles. The summed E-state index contributed by atoms with van der Waals surface area (Å²) >= 11 is 0. The highest BCUT2D eigenvalue weighted by molar-refractivity contribution is 7.89. The van der Waals surface area contributed by atoms with Gasteiger partial charge in [0.05, 0.1) is 6.61 Å². The molecule has 1 atom stereocenters. The number of aliphatic hydroxyl groups excluding tert-OH is 1. The first-order valence-corrected chi connectivity index (χ1v) is 6.35. The van der Waals surface area contributed by atoms with Crippen LogP contribution in [0.1, 0.15) is 13.8 Å². The maximum Gasteiger partial charge on any atom is 0.246 e. The molecule has 0 saturated heterocycles. The number of nitrogens with one attached hydrogen (secondary N) is 1. The first-order valence-electron chi connectivity index (χ1n) is 4.86. The predicted octanol–water partition coefficient (Wildman–Crippen LogP) is -0.856. The molecule has 0 fully saturated rings. The Bertz CT molecular complexity index is 454. The smallest absolute Gasteiger partial charge is 0.246 e. The molecule has 0 unspecified atom stereocenters. The fourth-order valence-corrected chi connectivity index (χ4v) is 2.46. The van der Waals surface area contributed by atoms with Crippen molar-refractivity contribution in [2.24, 2.45) is 0 Å². The summed E-state index contributed by atoms with van der Waals surface area (Å²) in [5.74, 6) is -0.0421. The first-order chi connectivity index (χ1) is 7.40. The molecule has 0 aliphatic heterocycles. The van der Waals surface area contributed by atoms with Crippen LogP contribution in [0.3, 0.4) is 0 Å². The van der Waals surface area contributed by atoms with Gasteiger partial charge < -0.3 is 10.8 Å². The highest BCUT2D eigenvalue weighted by atomic mass is 32.2. The summed E-state index contributed by atoms with van der Waals surface area (Å²) < 4.78 is 27.3. The Balaban J connectivity index is 3.02. The molecule has 0 bridgehead atoms. The third-order valence-corrected chi connectivity index (χ3v) is 3.60. The number of aryl methyl sites for hydroxylation is 1. The van der Waals surface area contributed by atoms with Gasteiger partial charge in [0.15, 0.2) is 5.82 Å². The average Bonchev–Trinajstić information content (AvgIpc) is 2.59. The highest BCUT2D eigenvalue weighted by Crippen LogP contribution is 2.16. The van der Waals surface area contributed by atoms with Gasteiger partial charge in [0.25, 0.3) is 0 Å². The molecule has 1 heterocycles. The van der Waals surface area contributed by atoms with Crippen LogP contribution in [0.25, 0.3) is 0 Å². The van der Waals surface area contributed by atoms with E-state index in [2.05, 4.69) is 9.82 Å². The minimum Gasteiger partial charge on any atom is -0.395 e. The van der Waals surface area contributed by atoms with Gasteiger partial charge in [0.1, 0.15) is 4.90 Å². The van der Waals surface area contributed by atoms with Crippen LogP contribution in [-0.4, -0.2) is 36.0 Å². The third kappa shape index (κ3) is 2.71. The number of hydrogen-bond donors (Lipinski definition) is 3. The third-order valence-electron chi connectivity index (χ3n) is 2.00. The molecule has 1 rings (SSSR count). The van der Waals surface area contributed by atoms with E-state index in [1.54, 1.807) is 6.92 Å². The van der Waals surface area contributed by atoms with Crippen molar-refractivity contribution in [2.75, 3.05) is 12.3 Å². The lowest BCUT2D eigenvalue weighted by molar-refractivity contribution is 0.265. The van der Waals surface area contributed by atoms with E-state index in [1.807, 2.05) is 6.92 Å². The lowest BCUT2D eigenvalue weighted by Crippen LogP contribution is -2.35. The minimum absolute atomic E-state index is 0.0421. The summed E-state index contributed by atoms with van der Waals surface area (Å²) in [7, 11) is -3.71. The van der Waals surface area contributed by atoms with Crippen molar-refractivity contribution in [1.82, 2.24) is 14.5 Å². The van der Waals surface area contributed by atoms with E-state index in [9.17, 15) is 8.42 Å². The van der Waals surface area contributed by atoms with E-state index in [0.717, 1.165) is 0 Å². The average molecular weight is 248 g/mol. The van der Waals surface area contributed by atoms with Crippen molar-refractivity contribution in [2.45, 2.75) is 31.3 Å². The number of nitrogens with zero attached hydrogens (tertiary/aromatic N) is 2. The number of hydrogen-bond acceptors (Lipinski definition) is 5. The number of rotatable bonds is 5. The number of nitrogen functional groups attached to an aromatic ring is 1. The van der Waals surface area contributed by atoms with E-state index < -0.39 is 16.1 Å². The zero-order valence-electron chi connectivity index (χ0n) is 9.21. The van der Waals surface area contributed by atoms with E-state index in [0.29, 0.717) is 6.54 Å². The lowest BCUT2D eigenvalue weighted by Gasteiger charge is -2.10. The molecule has 92 valence electrons. The van der Waals surface area contributed by atoms with Crippen LogP contribution in [0.4, 0.5) is 5.82 Å². The molecule has 16 heavy (non-hydrogen) atoms. The van der Waals surface area contributed by atoms with Crippen molar-refractivity contribution in [3.63, 3.8) is 0 Å². The second-order valence-electron chi connectivity index (χ2n) is 3.44. The van der Waals surface area contributed by atoms with Crippen molar-refractivity contribution in [3.05, 3.63) is 6.20 Å². The largest absolute Gasteiger partial charge is 0.395 e. The summed E-state index contributed by atoms with van der Waals surface area (Å²) in [5, 5.41) is 12.6. The number of anilines is 1. The molecule has 0 radical (unpaired) electrons. The van der Waals surface area contributed by atoms with Crippen LogP contribution in [0, 0.1) is 0 Å². The van der Waals surface area contributed by atoms with E-state index in [-0.39, 0.29) is 17.3 Å². The van der Waals surface area contributed by atoms with Gasteiger partial charge in [-0.25, -0.2) is 13.1 Å². The molecule has 0 spiro atoms. The molecule has 0 aliphatic rings. The van der Waals surface area contributed by atoms with Gasteiger partial charge in [-0.05, 0) is 13.8 Å². The Morgan fingerprint density at radius 1 is 1.69 bits per heavy atom. The van der Waals surface area contributed by atoms with Crippen LogP contribution < -0.4 is 10.5 Å². The predicted molar refractivity (Wildman–Crippen MR) is 59.2 cm³/mol. The number of nitrogens with two attached hydrogens (primary N) is 1. The molecule has 0 saturated carbocycles. The van der Waals surface area contributed by atoms with Gasteiger partial charge in [-0.1, -0.05) is 0 Å². The number of aliphatic hydroxyl groups is 1. The summed E-state index contributed by atoms with van der Waals surface area (Å²) in [4.78, 5) is -0.0605. The van der Waals surface area contributed by atoms with Crippen molar-refractivity contribution < 1.29 is 13.5 Å². The summed E-state index contributed by atoms with van der Waals surface area (Å²) in [6.45, 7) is 3.64. The Morgan fingerprint density at radius 2 is 2.31 bits per heavy atom. The molecule has 1 aromatic heterocycles. The van der Waals surface area contributed by atoms with Crippen LogP contribution in [-0.2, 0) is 16.6 Å². The zero-order valence-corrected chi connectivity index (χ0v) is 10.0. The Kier molecular flexibility index (Phi) is 3.89. The molecule has 0 amide bonds. The zero-order chi connectivity index (χ0) is 12.3.